The van der Waals surface area contributed by atoms with Crippen molar-refractivity contribution in [3.05, 3.63) is 53.1 Å². The summed E-state index contributed by atoms with van der Waals surface area (Å²) in [5, 5.41) is 16.6. The summed E-state index contributed by atoms with van der Waals surface area (Å²) in [6.45, 7) is 4.84. The quantitative estimate of drug-likeness (QED) is 0.181. The van der Waals surface area contributed by atoms with Crippen molar-refractivity contribution in [2.24, 2.45) is 4.99 Å². The van der Waals surface area contributed by atoms with E-state index in [1.54, 1.807) is 0 Å². The first-order valence-electron chi connectivity index (χ1n) is 14.8. The topological polar surface area (TPSA) is 121 Å². The van der Waals surface area contributed by atoms with Crippen LogP contribution < -0.4 is 27.6 Å². The van der Waals surface area contributed by atoms with Crippen LogP contribution in [0.2, 0.25) is 5.02 Å². The molecule has 240 valence electrons. The molecule has 2 bridgehead atoms. The molecular formula is C30H39BrCl2N6O4S. The number of halogens is 3. The second-order valence-electron chi connectivity index (χ2n) is 11.6. The highest BCUT2D eigenvalue weighted by Crippen LogP contribution is 2.53. The molecule has 0 spiro atoms. The number of hydrogen-bond donors (Lipinski definition) is 3. The van der Waals surface area contributed by atoms with Gasteiger partial charge in [-0.25, -0.2) is 0 Å². The van der Waals surface area contributed by atoms with Crippen LogP contribution in [0.5, 0.6) is 0 Å². The SMILES string of the molecule is CCCC[N+]1(C)[C@@H]2C[C@@H](OC(=O)[C@H](CO)c3ccccc3)C[C@H]1[C@@H]1O[C@@H]12.Cl.Clc1ccc2nsnc2c1NC1=NCCN1.[Br-]. The Balaban J connectivity index is 0.000000212. The zero-order valence-electron chi connectivity index (χ0n) is 24.7. The number of hydrogen-bond acceptors (Lipinski definition) is 10. The van der Waals surface area contributed by atoms with E-state index in [1.807, 2.05) is 42.5 Å². The molecule has 14 heteroatoms. The van der Waals surface area contributed by atoms with Gasteiger partial charge in [-0.15, -0.1) is 12.4 Å². The number of unbranched alkanes of at least 4 members (excludes halogenated alkanes) is 1. The van der Waals surface area contributed by atoms with E-state index in [1.165, 1.54) is 31.1 Å². The average Bonchev–Trinajstić information content (AvgIpc) is 3.28. The van der Waals surface area contributed by atoms with Crippen LogP contribution in [-0.4, -0.2) is 93.9 Å². The number of anilines is 1. The maximum atomic E-state index is 12.7. The molecule has 7 rings (SSSR count). The molecule has 0 aliphatic carbocycles. The van der Waals surface area contributed by atoms with Crippen molar-refractivity contribution < 1.29 is 40.8 Å². The Morgan fingerprint density at radius 3 is 2.57 bits per heavy atom. The molecule has 3 fully saturated rings. The fourth-order valence-electron chi connectivity index (χ4n) is 6.78. The minimum Gasteiger partial charge on any atom is -1.00 e. The van der Waals surface area contributed by atoms with E-state index in [2.05, 4.69) is 38.3 Å². The lowest BCUT2D eigenvalue weighted by molar-refractivity contribution is -0.956. The number of ether oxygens (including phenoxy) is 2. The smallest absolute Gasteiger partial charge is 0.316 e. The predicted molar refractivity (Wildman–Crippen MR) is 171 cm³/mol. The van der Waals surface area contributed by atoms with E-state index in [-0.39, 0.29) is 48.1 Å². The van der Waals surface area contributed by atoms with Crippen LogP contribution in [0.3, 0.4) is 0 Å². The second kappa shape index (κ2) is 15.0. The van der Waals surface area contributed by atoms with Crippen LogP contribution in [0, 0.1) is 0 Å². The molecule has 4 aliphatic rings. The number of fused-ring (bicyclic) bond motifs is 6. The second-order valence-corrected chi connectivity index (χ2v) is 12.6. The molecule has 0 amide bonds. The minimum atomic E-state index is -0.595. The van der Waals surface area contributed by atoms with E-state index in [0.717, 1.165) is 58.7 Å². The number of aliphatic hydroxyl groups is 1. The monoisotopic (exact) mass is 728 g/mol. The molecule has 10 nitrogen and oxygen atoms in total. The van der Waals surface area contributed by atoms with Crippen LogP contribution in [0.25, 0.3) is 11.0 Å². The van der Waals surface area contributed by atoms with Gasteiger partial charge in [0.25, 0.3) is 0 Å². The van der Waals surface area contributed by atoms with Crippen molar-refractivity contribution in [2.75, 3.05) is 38.6 Å². The first kappa shape index (κ1) is 34.8. The van der Waals surface area contributed by atoms with E-state index in [0.29, 0.717) is 29.3 Å². The summed E-state index contributed by atoms with van der Waals surface area (Å²) in [4.78, 5) is 16.9. The summed E-state index contributed by atoms with van der Waals surface area (Å²) in [7, 11) is 2.36. The number of quaternary nitrogens is 1. The highest BCUT2D eigenvalue weighted by molar-refractivity contribution is 7.00. The minimum absolute atomic E-state index is 0. The first-order valence-corrected chi connectivity index (χ1v) is 15.9. The zero-order valence-corrected chi connectivity index (χ0v) is 28.7. The third kappa shape index (κ3) is 7.01. The fraction of sp³-hybridized carbons (Fsp3) is 0.533. The number of esters is 1. The van der Waals surface area contributed by atoms with Gasteiger partial charge in [0.05, 0.1) is 49.2 Å². The van der Waals surface area contributed by atoms with Gasteiger partial charge < -0.3 is 46.7 Å². The lowest BCUT2D eigenvalue weighted by Crippen LogP contribution is -3.00. The maximum Gasteiger partial charge on any atom is 0.316 e. The summed E-state index contributed by atoms with van der Waals surface area (Å²) in [5.74, 6) is -0.160. The number of morpholine rings is 1. The van der Waals surface area contributed by atoms with E-state index in [4.69, 9.17) is 21.1 Å². The Morgan fingerprint density at radius 2 is 1.93 bits per heavy atom. The zero-order chi connectivity index (χ0) is 29.3. The van der Waals surface area contributed by atoms with E-state index >= 15 is 0 Å². The highest BCUT2D eigenvalue weighted by Gasteiger charge is 2.71. The predicted octanol–water partition coefficient (Wildman–Crippen LogP) is 1.37. The number of aromatic nitrogens is 2. The van der Waals surface area contributed by atoms with Gasteiger partial charge in [0.15, 0.2) is 5.96 Å². The van der Waals surface area contributed by atoms with Crippen LogP contribution in [0.4, 0.5) is 5.69 Å². The van der Waals surface area contributed by atoms with Crippen LogP contribution in [0.1, 0.15) is 44.1 Å². The van der Waals surface area contributed by atoms with Gasteiger partial charge in [0.2, 0.25) is 0 Å². The van der Waals surface area contributed by atoms with Crippen LogP contribution >= 0.6 is 35.7 Å². The van der Waals surface area contributed by atoms with Gasteiger partial charge in [-0.1, -0.05) is 55.3 Å². The molecule has 0 radical (unpaired) electrons. The molecule has 7 atom stereocenters. The number of carbonyl (C=O) groups is 1. The summed E-state index contributed by atoms with van der Waals surface area (Å²) in [6, 6.07) is 14.0. The van der Waals surface area contributed by atoms with Crippen LogP contribution in [0.15, 0.2) is 47.5 Å². The van der Waals surface area contributed by atoms with Gasteiger partial charge in [-0.2, -0.15) is 8.75 Å². The number of nitrogens with zero attached hydrogens (tertiary/aromatic N) is 4. The van der Waals surface area contributed by atoms with Crippen molar-refractivity contribution >= 4 is 64.4 Å². The average molecular weight is 731 g/mol. The Labute approximate surface area is 283 Å². The number of nitrogens with one attached hydrogen (secondary N) is 2. The molecule has 3 saturated heterocycles. The molecule has 4 aliphatic heterocycles. The standard InChI is InChI=1S/C21H30NO4.C9H8ClN5S.BrH.ClH/c1-3-4-10-22(2)17-11-15(12-18(22)20-19(17)26-20)25-21(24)16(13-23)14-8-6-5-7-9-14;10-5-1-2-6-8(15-16-14-6)7(5)13-9-11-3-4-12-9;;/h5-9,15-20,23H,3-4,10-13H2,1-2H3;1-2H,3-4H2,(H2,11,12,13);2*1H/q+1;;;/p-1/t15-,16-,17-,18+,19-,20+,22?;;;/m1.../s1. The molecular weight excluding hydrogens is 691 g/mol. The van der Waals surface area contributed by atoms with E-state index in [9.17, 15) is 9.90 Å². The summed E-state index contributed by atoms with van der Waals surface area (Å²) in [5.41, 5.74) is 3.21. The molecule has 1 unspecified atom stereocenters. The largest absolute Gasteiger partial charge is 1.00 e. The first-order chi connectivity index (χ1) is 20.4. The summed E-state index contributed by atoms with van der Waals surface area (Å²) < 4.78 is 21.2. The number of benzene rings is 2. The van der Waals surface area contributed by atoms with Crippen molar-refractivity contribution in [1.29, 1.82) is 0 Å². The number of aliphatic imine (C=N–C) groups is 1. The molecule has 3 aromatic rings. The van der Waals surface area contributed by atoms with Crippen molar-refractivity contribution in [3.8, 4) is 0 Å². The lowest BCUT2D eigenvalue weighted by atomic mass is 9.94. The molecule has 3 N–H and O–H groups in total. The number of aliphatic hydroxyl groups excluding tert-OH is 1. The van der Waals surface area contributed by atoms with Gasteiger partial charge in [0, 0.05) is 19.4 Å². The van der Waals surface area contributed by atoms with Gasteiger partial charge in [-0.05, 0) is 24.1 Å². The van der Waals surface area contributed by atoms with Crippen molar-refractivity contribution in [1.82, 2.24) is 14.1 Å². The Hall–Kier alpha value is -2.06. The number of piperidine rings is 1. The molecule has 2 aromatic carbocycles. The fourth-order valence-corrected chi connectivity index (χ4v) is 7.52. The number of carbonyl (C=O) groups excluding carboxylic acids is 1. The normalized spacial score (nSPS) is 28.2. The lowest BCUT2D eigenvalue weighted by Gasteiger charge is -2.48. The van der Waals surface area contributed by atoms with Crippen LogP contribution in [-0.2, 0) is 14.3 Å². The van der Waals surface area contributed by atoms with Crippen molar-refractivity contribution in [3.63, 3.8) is 0 Å². The number of epoxide rings is 1. The number of likely N-dealkylation sites (N-methyl/N-ethyl adjacent to an activating group) is 1. The molecule has 5 heterocycles. The molecule has 1 aromatic heterocycles. The Kier molecular flexibility index (Phi) is 11.9. The summed E-state index contributed by atoms with van der Waals surface area (Å²) >= 11 is 7.30. The van der Waals surface area contributed by atoms with Gasteiger partial charge >= 0.3 is 5.97 Å². The third-order valence-corrected chi connectivity index (χ3v) is 9.94. The van der Waals surface area contributed by atoms with Gasteiger partial charge in [-0.3, -0.25) is 9.79 Å². The number of guanidine groups is 1. The highest BCUT2D eigenvalue weighted by atomic mass is 79.9. The third-order valence-electron chi connectivity index (χ3n) is 9.08. The maximum absolute atomic E-state index is 12.7. The van der Waals surface area contributed by atoms with Gasteiger partial charge in [0.1, 0.15) is 47.3 Å². The van der Waals surface area contributed by atoms with E-state index < -0.39 is 5.92 Å². The number of rotatable bonds is 8. The Bertz CT molecular complexity index is 1430. The van der Waals surface area contributed by atoms with Crippen molar-refractivity contribution in [2.45, 2.75) is 68.9 Å². The molecule has 0 saturated carbocycles. The summed E-state index contributed by atoms with van der Waals surface area (Å²) in [6.07, 6.45) is 4.83. The Morgan fingerprint density at radius 1 is 1.20 bits per heavy atom. The molecule has 44 heavy (non-hydrogen) atoms.